The van der Waals surface area contributed by atoms with Crippen LogP contribution in [-0.2, 0) is 11.2 Å². The second-order valence-corrected chi connectivity index (χ2v) is 5.44. The standard InChI is InChI=1S/C17H28N4O2.HI/c1-18-17(20-9-10-21-11-13-23-14-12-21)19-8-7-15-5-3-4-6-16(15)22-2;/h3-6H,7-14H2,1-2H3,(H2,18,19,20);1H. The Bertz CT molecular complexity index is 493. The summed E-state index contributed by atoms with van der Waals surface area (Å²) in [4.78, 5) is 6.67. The highest BCUT2D eigenvalue weighted by Gasteiger charge is 2.09. The van der Waals surface area contributed by atoms with Gasteiger partial charge in [0.25, 0.3) is 0 Å². The van der Waals surface area contributed by atoms with Gasteiger partial charge in [0, 0.05) is 39.8 Å². The molecule has 1 aromatic carbocycles. The lowest BCUT2D eigenvalue weighted by molar-refractivity contribution is 0.0389. The summed E-state index contributed by atoms with van der Waals surface area (Å²) in [6, 6.07) is 8.11. The molecule has 1 aliphatic rings. The molecule has 7 heteroatoms. The van der Waals surface area contributed by atoms with Crippen LogP contribution in [0, 0.1) is 0 Å². The molecular weight excluding hydrogens is 419 g/mol. The Hall–Kier alpha value is -1.06. The maximum Gasteiger partial charge on any atom is 0.191 e. The highest BCUT2D eigenvalue weighted by atomic mass is 127. The molecule has 1 fully saturated rings. The first-order valence-corrected chi connectivity index (χ1v) is 8.20. The van der Waals surface area contributed by atoms with Crippen LogP contribution in [0.4, 0.5) is 0 Å². The molecule has 0 bridgehead atoms. The molecule has 24 heavy (non-hydrogen) atoms. The Balaban J connectivity index is 0.00000288. The number of halogens is 1. The molecular formula is C17H29IN4O2. The van der Waals surface area contributed by atoms with Crippen molar-refractivity contribution in [3.63, 3.8) is 0 Å². The first-order chi connectivity index (χ1) is 11.3. The van der Waals surface area contributed by atoms with Crippen molar-refractivity contribution in [3.8, 4) is 5.75 Å². The number of nitrogens with zero attached hydrogens (tertiary/aromatic N) is 2. The van der Waals surface area contributed by atoms with E-state index in [0.717, 1.165) is 64.1 Å². The average molecular weight is 448 g/mol. The van der Waals surface area contributed by atoms with Crippen molar-refractivity contribution in [1.82, 2.24) is 15.5 Å². The predicted octanol–water partition coefficient (Wildman–Crippen LogP) is 1.35. The summed E-state index contributed by atoms with van der Waals surface area (Å²) in [6.07, 6.45) is 0.897. The molecule has 1 saturated heterocycles. The predicted molar refractivity (Wildman–Crippen MR) is 109 cm³/mol. The van der Waals surface area contributed by atoms with Gasteiger partial charge in [-0.15, -0.1) is 24.0 Å². The number of benzene rings is 1. The van der Waals surface area contributed by atoms with E-state index in [1.54, 1.807) is 14.2 Å². The fourth-order valence-electron chi connectivity index (χ4n) is 2.60. The number of aliphatic imine (C=N–C) groups is 1. The summed E-state index contributed by atoms with van der Waals surface area (Å²) < 4.78 is 10.7. The molecule has 2 N–H and O–H groups in total. The van der Waals surface area contributed by atoms with Gasteiger partial charge in [0.2, 0.25) is 0 Å². The number of morpholine rings is 1. The topological polar surface area (TPSA) is 58.1 Å². The summed E-state index contributed by atoms with van der Waals surface area (Å²) in [7, 11) is 3.51. The third-order valence-corrected chi connectivity index (χ3v) is 3.93. The zero-order valence-corrected chi connectivity index (χ0v) is 16.9. The Morgan fingerprint density at radius 1 is 1.21 bits per heavy atom. The second kappa shape index (κ2) is 12.3. The summed E-state index contributed by atoms with van der Waals surface area (Å²) >= 11 is 0. The number of rotatable bonds is 7. The fraction of sp³-hybridized carbons (Fsp3) is 0.588. The second-order valence-electron chi connectivity index (χ2n) is 5.44. The third-order valence-electron chi connectivity index (χ3n) is 3.93. The van der Waals surface area contributed by atoms with Gasteiger partial charge in [-0.1, -0.05) is 18.2 Å². The van der Waals surface area contributed by atoms with Crippen LogP contribution in [0.3, 0.4) is 0 Å². The first-order valence-electron chi connectivity index (χ1n) is 8.20. The summed E-state index contributed by atoms with van der Waals surface area (Å²) in [5.41, 5.74) is 1.20. The number of methoxy groups -OCH3 is 1. The van der Waals surface area contributed by atoms with Gasteiger partial charge < -0.3 is 20.1 Å². The molecule has 1 aliphatic heterocycles. The van der Waals surface area contributed by atoms with Gasteiger partial charge in [-0.2, -0.15) is 0 Å². The number of guanidine groups is 1. The van der Waals surface area contributed by atoms with E-state index in [0.29, 0.717) is 0 Å². The Labute approximate surface area is 162 Å². The Kier molecular flexibility index (Phi) is 10.8. The largest absolute Gasteiger partial charge is 0.496 e. The van der Waals surface area contributed by atoms with Crippen molar-refractivity contribution in [3.05, 3.63) is 29.8 Å². The molecule has 6 nitrogen and oxygen atoms in total. The van der Waals surface area contributed by atoms with E-state index >= 15 is 0 Å². The maximum atomic E-state index is 5.37. The van der Waals surface area contributed by atoms with Crippen molar-refractivity contribution < 1.29 is 9.47 Å². The van der Waals surface area contributed by atoms with E-state index in [2.05, 4.69) is 26.6 Å². The monoisotopic (exact) mass is 448 g/mol. The lowest BCUT2D eigenvalue weighted by atomic mass is 10.1. The lowest BCUT2D eigenvalue weighted by Gasteiger charge is -2.26. The highest BCUT2D eigenvalue weighted by Crippen LogP contribution is 2.17. The van der Waals surface area contributed by atoms with Crippen LogP contribution < -0.4 is 15.4 Å². The Morgan fingerprint density at radius 2 is 1.92 bits per heavy atom. The van der Waals surface area contributed by atoms with Crippen LogP contribution in [0.2, 0.25) is 0 Å². The first kappa shape index (κ1) is 21.0. The number of para-hydroxylation sites is 1. The van der Waals surface area contributed by atoms with Crippen molar-refractivity contribution in [2.75, 3.05) is 60.1 Å². The number of ether oxygens (including phenoxy) is 2. The molecule has 0 unspecified atom stereocenters. The van der Waals surface area contributed by atoms with E-state index < -0.39 is 0 Å². The van der Waals surface area contributed by atoms with Crippen LogP contribution in [0.1, 0.15) is 5.56 Å². The number of hydrogen-bond donors (Lipinski definition) is 2. The van der Waals surface area contributed by atoms with Gasteiger partial charge in [0.05, 0.1) is 20.3 Å². The van der Waals surface area contributed by atoms with Gasteiger partial charge in [-0.25, -0.2) is 0 Å². The summed E-state index contributed by atoms with van der Waals surface area (Å²) in [5, 5.41) is 6.70. The molecule has 0 aromatic heterocycles. The summed E-state index contributed by atoms with van der Waals surface area (Å²) in [6.45, 7) is 6.42. The molecule has 0 atom stereocenters. The third kappa shape index (κ3) is 7.23. The summed E-state index contributed by atoms with van der Waals surface area (Å²) in [5.74, 6) is 1.78. The lowest BCUT2D eigenvalue weighted by Crippen LogP contribution is -2.44. The van der Waals surface area contributed by atoms with Crippen molar-refractivity contribution in [2.24, 2.45) is 4.99 Å². The molecule has 0 spiro atoms. The quantitative estimate of drug-likeness (QED) is 0.375. The van der Waals surface area contributed by atoms with Gasteiger partial charge in [-0.3, -0.25) is 9.89 Å². The number of nitrogens with one attached hydrogen (secondary N) is 2. The van der Waals surface area contributed by atoms with Crippen molar-refractivity contribution in [2.45, 2.75) is 6.42 Å². The van der Waals surface area contributed by atoms with Crippen LogP contribution in [0.15, 0.2) is 29.3 Å². The Morgan fingerprint density at radius 3 is 2.62 bits per heavy atom. The van der Waals surface area contributed by atoms with Crippen LogP contribution in [0.5, 0.6) is 5.75 Å². The fourth-order valence-corrected chi connectivity index (χ4v) is 2.60. The van der Waals surface area contributed by atoms with Crippen LogP contribution in [-0.4, -0.2) is 71.0 Å². The normalized spacial score (nSPS) is 15.5. The smallest absolute Gasteiger partial charge is 0.191 e. The van der Waals surface area contributed by atoms with Gasteiger partial charge >= 0.3 is 0 Å². The van der Waals surface area contributed by atoms with E-state index in [1.807, 2.05) is 18.2 Å². The molecule has 1 heterocycles. The SMILES string of the molecule is CN=C(NCCc1ccccc1OC)NCCN1CCOCC1.I. The van der Waals surface area contributed by atoms with E-state index in [-0.39, 0.29) is 24.0 Å². The van der Waals surface area contributed by atoms with Gasteiger partial charge in [0.1, 0.15) is 5.75 Å². The van der Waals surface area contributed by atoms with Crippen LogP contribution >= 0.6 is 24.0 Å². The zero-order chi connectivity index (χ0) is 16.3. The van der Waals surface area contributed by atoms with E-state index in [1.165, 1.54) is 5.56 Å². The van der Waals surface area contributed by atoms with Gasteiger partial charge in [0.15, 0.2) is 5.96 Å². The van der Waals surface area contributed by atoms with E-state index in [4.69, 9.17) is 9.47 Å². The molecule has 1 aromatic rings. The molecule has 0 amide bonds. The van der Waals surface area contributed by atoms with Gasteiger partial charge in [-0.05, 0) is 18.1 Å². The minimum Gasteiger partial charge on any atom is -0.496 e. The highest BCUT2D eigenvalue weighted by molar-refractivity contribution is 14.0. The molecule has 136 valence electrons. The van der Waals surface area contributed by atoms with E-state index in [9.17, 15) is 0 Å². The molecule has 0 radical (unpaired) electrons. The molecule has 0 saturated carbocycles. The minimum absolute atomic E-state index is 0. The zero-order valence-electron chi connectivity index (χ0n) is 14.6. The number of hydrogen-bond acceptors (Lipinski definition) is 4. The molecule has 2 rings (SSSR count). The average Bonchev–Trinajstić information content (AvgIpc) is 2.61. The molecule has 0 aliphatic carbocycles. The van der Waals surface area contributed by atoms with Crippen molar-refractivity contribution in [1.29, 1.82) is 0 Å². The van der Waals surface area contributed by atoms with Crippen LogP contribution in [0.25, 0.3) is 0 Å². The minimum atomic E-state index is 0. The maximum absolute atomic E-state index is 5.37. The van der Waals surface area contributed by atoms with Crippen molar-refractivity contribution >= 4 is 29.9 Å².